The van der Waals surface area contributed by atoms with Crippen molar-refractivity contribution in [3.05, 3.63) is 77.0 Å². The van der Waals surface area contributed by atoms with E-state index in [1.54, 1.807) is 41.8 Å². The summed E-state index contributed by atoms with van der Waals surface area (Å²) in [5, 5.41) is 3.86. The molecular formula is C21H17NO6S. The Morgan fingerprint density at radius 3 is 2.17 bits per heavy atom. The summed E-state index contributed by atoms with van der Waals surface area (Å²) in [6, 6.07) is 19.3. The van der Waals surface area contributed by atoms with Crippen LogP contribution in [0.1, 0.15) is 9.67 Å². The lowest BCUT2D eigenvalue weighted by Gasteiger charge is -2.09. The summed E-state index contributed by atoms with van der Waals surface area (Å²) >= 11 is 1.20. The second-order valence-electron chi connectivity index (χ2n) is 5.69. The van der Waals surface area contributed by atoms with Gasteiger partial charge < -0.3 is 14.2 Å². The molecule has 0 aliphatic carbocycles. The zero-order valence-electron chi connectivity index (χ0n) is 15.2. The van der Waals surface area contributed by atoms with Crippen molar-refractivity contribution < 1.29 is 28.6 Å². The number of amides is 2. The van der Waals surface area contributed by atoms with Crippen molar-refractivity contribution in [2.24, 2.45) is 0 Å². The van der Waals surface area contributed by atoms with E-state index in [9.17, 15) is 14.4 Å². The summed E-state index contributed by atoms with van der Waals surface area (Å²) in [7, 11) is 0. The third-order valence-electron chi connectivity index (χ3n) is 3.52. The summed E-state index contributed by atoms with van der Waals surface area (Å²) in [4.78, 5) is 35.5. The van der Waals surface area contributed by atoms with Gasteiger partial charge in [0, 0.05) is 0 Å². The number of para-hydroxylation sites is 1. The molecule has 2 aromatic carbocycles. The summed E-state index contributed by atoms with van der Waals surface area (Å²) in [5.74, 6) is -0.193. The summed E-state index contributed by atoms with van der Waals surface area (Å²) in [6.45, 7) is -0.936. The van der Waals surface area contributed by atoms with E-state index in [2.05, 4.69) is 5.32 Å². The molecule has 1 aromatic heterocycles. The summed E-state index contributed by atoms with van der Waals surface area (Å²) < 4.78 is 15.8. The highest BCUT2D eigenvalue weighted by Crippen LogP contribution is 2.23. The molecule has 148 valence electrons. The van der Waals surface area contributed by atoms with Gasteiger partial charge in [0.2, 0.25) is 0 Å². The zero-order valence-corrected chi connectivity index (χ0v) is 16.0. The molecule has 0 unspecified atom stereocenters. The molecule has 8 heteroatoms. The SMILES string of the molecule is O=C(COC(=O)COc1ccc(Oc2ccccc2)cc1)NC(=O)c1cccs1. The highest BCUT2D eigenvalue weighted by molar-refractivity contribution is 7.12. The lowest BCUT2D eigenvalue weighted by atomic mass is 10.3. The van der Waals surface area contributed by atoms with Crippen LogP contribution < -0.4 is 14.8 Å². The standard InChI is InChI=1S/C21H17NO6S/c23-19(22-21(25)18-7-4-12-29-18)13-27-20(24)14-26-15-8-10-17(11-9-15)28-16-5-2-1-3-6-16/h1-12H,13-14H2,(H,22,23,25). The molecule has 3 aromatic rings. The summed E-state index contributed by atoms with van der Waals surface area (Å²) in [6.07, 6.45) is 0. The van der Waals surface area contributed by atoms with Crippen LogP contribution in [0, 0.1) is 0 Å². The van der Waals surface area contributed by atoms with Crippen molar-refractivity contribution in [2.45, 2.75) is 0 Å². The second-order valence-corrected chi connectivity index (χ2v) is 6.64. The number of hydrogen-bond acceptors (Lipinski definition) is 7. The molecule has 3 rings (SSSR count). The predicted molar refractivity (Wildman–Crippen MR) is 106 cm³/mol. The van der Waals surface area contributed by atoms with E-state index in [-0.39, 0.29) is 6.61 Å². The van der Waals surface area contributed by atoms with E-state index in [0.29, 0.717) is 22.1 Å². The average molecular weight is 411 g/mol. The lowest BCUT2D eigenvalue weighted by Crippen LogP contribution is -2.34. The molecule has 1 N–H and O–H groups in total. The van der Waals surface area contributed by atoms with Crippen molar-refractivity contribution in [2.75, 3.05) is 13.2 Å². The first-order valence-corrected chi connectivity index (χ1v) is 9.47. The van der Waals surface area contributed by atoms with E-state index in [1.807, 2.05) is 30.3 Å². The molecule has 0 spiro atoms. The Morgan fingerprint density at radius 2 is 1.48 bits per heavy atom. The number of hydrogen-bond donors (Lipinski definition) is 1. The monoisotopic (exact) mass is 411 g/mol. The Morgan fingerprint density at radius 1 is 0.793 bits per heavy atom. The normalized spacial score (nSPS) is 10.1. The average Bonchev–Trinajstić information content (AvgIpc) is 3.28. The fraction of sp³-hybridized carbons (Fsp3) is 0.0952. The van der Waals surface area contributed by atoms with Crippen LogP contribution in [0.2, 0.25) is 0 Å². The van der Waals surface area contributed by atoms with E-state index < -0.39 is 24.4 Å². The minimum Gasteiger partial charge on any atom is -0.482 e. The molecule has 0 saturated heterocycles. The Balaban J connectivity index is 1.37. The Hall–Kier alpha value is -3.65. The van der Waals surface area contributed by atoms with Gasteiger partial charge in [-0.05, 0) is 47.8 Å². The van der Waals surface area contributed by atoms with Crippen molar-refractivity contribution in [3.8, 4) is 17.2 Å². The molecule has 2 amide bonds. The van der Waals surface area contributed by atoms with Gasteiger partial charge in [-0.25, -0.2) is 4.79 Å². The number of thiophene rings is 1. The van der Waals surface area contributed by atoms with E-state index >= 15 is 0 Å². The van der Waals surface area contributed by atoms with Crippen LogP contribution in [0.5, 0.6) is 17.2 Å². The number of benzene rings is 2. The van der Waals surface area contributed by atoms with Gasteiger partial charge in [0.05, 0.1) is 4.88 Å². The van der Waals surface area contributed by atoms with Gasteiger partial charge in [0.15, 0.2) is 13.2 Å². The van der Waals surface area contributed by atoms with Crippen LogP contribution in [-0.4, -0.2) is 31.0 Å². The molecule has 1 heterocycles. The number of carbonyl (C=O) groups is 3. The van der Waals surface area contributed by atoms with E-state index in [0.717, 1.165) is 0 Å². The van der Waals surface area contributed by atoms with Gasteiger partial charge in [-0.1, -0.05) is 24.3 Å². The topological polar surface area (TPSA) is 90.9 Å². The van der Waals surface area contributed by atoms with E-state index in [4.69, 9.17) is 14.2 Å². The smallest absolute Gasteiger partial charge is 0.344 e. The molecule has 0 radical (unpaired) electrons. The molecule has 29 heavy (non-hydrogen) atoms. The number of rotatable bonds is 8. The Bertz CT molecular complexity index is 955. The van der Waals surface area contributed by atoms with Crippen LogP contribution in [0.25, 0.3) is 0 Å². The zero-order chi connectivity index (χ0) is 20.5. The van der Waals surface area contributed by atoms with Crippen molar-refractivity contribution in [1.29, 1.82) is 0 Å². The predicted octanol–water partition coefficient (Wildman–Crippen LogP) is 3.42. The van der Waals surface area contributed by atoms with Gasteiger partial charge in [0.1, 0.15) is 17.2 Å². The van der Waals surface area contributed by atoms with Gasteiger partial charge in [-0.15, -0.1) is 11.3 Å². The Labute approximate surface area is 170 Å². The van der Waals surface area contributed by atoms with Crippen molar-refractivity contribution >= 4 is 29.1 Å². The van der Waals surface area contributed by atoms with Crippen LogP contribution in [-0.2, 0) is 14.3 Å². The maximum Gasteiger partial charge on any atom is 0.344 e. The molecule has 0 bridgehead atoms. The van der Waals surface area contributed by atoms with Gasteiger partial charge in [-0.2, -0.15) is 0 Å². The van der Waals surface area contributed by atoms with E-state index in [1.165, 1.54) is 11.3 Å². The fourth-order valence-electron chi connectivity index (χ4n) is 2.19. The first-order valence-electron chi connectivity index (χ1n) is 8.59. The highest BCUT2D eigenvalue weighted by atomic mass is 32.1. The van der Waals surface area contributed by atoms with Gasteiger partial charge in [0.25, 0.3) is 11.8 Å². The van der Waals surface area contributed by atoms with Gasteiger partial charge >= 0.3 is 5.97 Å². The number of nitrogens with one attached hydrogen (secondary N) is 1. The molecule has 0 atom stereocenters. The molecule has 7 nitrogen and oxygen atoms in total. The van der Waals surface area contributed by atoms with Crippen LogP contribution in [0.3, 0.4) is 0 Å². The number of imide groups is 1. The largest absolute Gasteiger partial charge is 0.482 e. The van der Waals surface area contributed by atoms with Crippen LogP contribution in [0.4, 0.5) is 0 Å². The summed E-state index contributed by atoms with van der Waals surface area (Å²) in [5.41, 5.74) is 0. The second kappa shape index (κ2) is 10.0. The molecule has 0 aliphatic heterocycles. The van der Waals surface area contributed by atoms with Crippen LogP contribution in [0.15, 0.2) is 72.1 Å². The van der Waals surface area contributed by atoms with Crippen LogP contribution >= 0.6 is 11.3 Å². The molecule has 0 fully saturated rings. The maximum absolute atomic E-state index is 11.7. The fourth-order valence-corrected chi connectivity index (χ4v) is 2.81. The number of carbonyl (C=O) groups excluding carboxylic acids is 3. The van der Waals surface area contributed by atoms with Gasteiger partial charge in [-0.3, -0.25) is 14.9 Å². The Kier molecular flexibility index (Phi) is 6.96. The first-order chi connectivity index (χ1) is 14.1. The lowest BCUT2D eigenvalue weighted by molar-refractivity contribution is -0.150. The maximum atomic E-state index is 11.7. The van der Waals surface area contributed by atoms with Crippen molar-refractivity contribution in [1.82, 2.24) is 5.32 Å². The first kappa shape index (κ1) is 20.1. The molecule has 0 saturated carbocycles. The third-order valence-corrected chi connectivity index (χ3v) is 4.39. The quantitative estimate of drug-likeness (QED) is 0.571. The van der Waals surface area contributed by atoms with Crippen molar-refractivity contribution in [3.63, 3.8) is 0 Å². The minimum atomic E-state index is -0.728. The third kappa shape index (κ3) is 6.47. The highest BCUT2D eigenvalue weighted by Gasteiger charge is 2.13. The molecular weight excluding hydrogens is 394 g/mol. The molecule has 0 aliphatic rings. The number of ether oxygens (including phenoxy) is 3. The number of esters is 1. The minimum absolute atomic E-state index is 0.370.